The van der Waals surface area contributed by atoms with Crippen LogP contribution in [0.25, 0.3) is 0 Å². The van der Waals surface area contributed by atoms with Crippen LogP contribution in [0, 0.1) is 6.92 Å². The number of anilines is 2. The minimum atomic E-state index is -0.239. The van der Waals surface area contributed by atoms with E-state index in [1.807, 2.05) is 49.4 Å². The van der Waals surface area contributed by atoms with Crippen LogP contribution in [0.5, 0.6) is 0 Å². The van der Waals surface area contributed by atoms with Crippen LogP contribution in [0.1, 0.15) is 21.6 Å². The molecule has 2 heterocycles. The summed E-state index contributed by atoms with van der Waals surface area (Å²) < 4.78 is 0. The molecular weight excluding hydrogens is 302 g/mol. The van der Waals surface area contributed by atoms with E-state index in [4.69, 9.17) is 0 Å². The molecule has 120 valence electrons. The number of nitrogens with zero attached hydrogens (tertiary/aromatic N) is 3. The smallest absolute Gasteiger partial charge is 0.258 e. The van der Waals surface area contributed by atoms with E-state index >= 15 is 0 Å². The van der Waals surface area contributed by atoms with E-state index in [1.54, 1.807) is 6.20 Å². The predicted molar refractivity (Wildman–Crippen MR) is 92.7 cm³/mol. The molecule has 0 saturated heterocycles. The van der Waals surface area contributed by atoms with Gasteiger partial charge in [0, 0.05) is 24.3 Å². The Labute approximate surface area is 140 Å². The van der Waals surface area contributed by atoms with E-state index in [0.29, 0.717) is 18.1 Å². The molecule has 2 N–H and O–H groups in total. The number of hydrogen-bond donors (Lipinski definition) is 2. The summed E-state index contributed by atoms with van der Waals surface area (Å²) in [5.74, 6) is 0.213. The third-order valence-corrected chi connectivity index (χ3v) is 3.34. The van der Waals surface area contributed by atoms with Gasteiger partial charge in [-0.05, 0) is 36.8 Å². The summed E-state index contributed by atoms with van der Waals surface area (Å²) in [6, 6.07) is 13.3. The summed E-state index contributed by atoms with van der Waals surface area (Å²) in [6.45, 7) is 2.50. The minimum absolute atomic E-state index is 0.239. The fraction of sp³-hybridized carbons (Fsp3) is 0.111. The fourth-order valence-corrected chi connectivity index (χ4v) is 2.13. The zero-order chi connectivity index (χ0) is 16.8. The first-order valence-corrected chi connectivity index (χ1v) is 7.54. The second-order valence-electron chi connectivity index (χ2n) is 5.29. The summed E-state index contributed by atoms with van der Waals surface area (Å²) >= 11 is 0. The molecule has 0 aliphatic carbocycles. The maximum atomic E-state index is 12.2. The van der Waals surface area contributed by atoms with Gasteiger partial charge in [0.15, 0.2) is 0 Å². The molecule has 0 aliphatic heterocycles. The molecule has 3 aromatic rings. The van der Waals surface area contributed by atoms with E-state index in [9.17, 15) is 4.79 Å². The average molecular weight is 319 g/mol. The average Bonchev–Trinajstić information content (AvgIpc) is 2.61. The van der Waals surface area contributed by atoms with Crippen molar-refractivity contribution in [2.45, 2.75) is 13.5 Å². The Bertz CT molecular complexity index is 818. The van der Waals surface area contributed by atoms with Gasteiger partial charge in [0.1, 0.15) is 0 Å². The van der Waals surface area contributed by atoms with E-state index < -0.39 is 0 Å². The summed E-state index contributed by atoms with van der Waals surface area (Å²) in [5, 5.41) is 5.89. The van der Waals surface area contributed by atoms with Crippen LogP contribution >= 0.6 is 0 Å². The second-order valence-corrected chi connectivity index (χ2v) is 5.29. The van der Waals surface area contributed by atoms with Crippen molar-refractivity contribution in [3.05, 3.63) is 77.9 Å². The fourth-order valence-electron chi connectivity index (χ4n) is 2.13. The van der Waals surface area contributed by atoms with Crippen molar-refractivity contribution in [3.63, 3.8) is 0 Å². The molecule has 0 fully saturated rings. The Morgan fingerprint density at radius 3 is 2.58 bits per heavy atom. The lowest BCUT2D eigenvalue weighted by molar-refractivity contribution is 0.102. The van der Waals surface area contributed by atoms with E-state index in [0.717, 1.165) is 16.9 Å². The first-order chi connectivity index (χ1) is 11.7. The van der Waals surface area contributed by atoms with Gasteiger partial charge in [-0.15, -0.1) is 0 Å². The van der Waals surface area contributed by atoms with Gasteiger partial charge in [-0.25, -0.2) is 9.97 Å². The molecule has 6 heteroatoms. The Kier molecular flexibility index (Phi) is 4.76. The number of aryl methyl sites for hydroxylation is 1. The Hall–Kier alpha value is -3.28. The van der Waals surface area contributed by atoms with Crippen LogP contribution in [-0.2, 0) is 6.54 Å². The molecule has 24 heavy (non-hydrogen) atoms. The molecule has 0 atom stereocenters. The number of rotatable bonds is 5. The largest absolute Gasteiger partial charge is 0.349 e. The van der Waals surface area contributed by atoms with Crippen molar-refractivity contribution in [2.24, 2.45) is 0 Å². The molecule has 3 rings (SSSR count). The normalized spacial score (nSPS) is 10.2. The topological polar surface area (TPSA) is 79.8 Å². The number of amides is 1. The monoisotopic (exact) mass is 319 g/mol. The lowest BCUT2D eigenvalue weighted by atomic mass is 10.2. The number of pyridine rings is 1. The maximum Gasteiger partial charge on any atom is 0.258 e. The number of carbonyl (C=O) groups excluding carboxylic acids is 1. The van der Waals surface area contributed by atoms with Gasteiger partial charge < -0.3 is 10.6 Å². The summed E-state index contributed by atoms with van der Waals surface area (Å²) in [7, 11) is 0. The quantitative estimate of drug-likeness (QED) is 0.755. The van der Waals surface area contributed by atoms with Gasteiger partial charge in [-0.1, -0.05) is 18.2 Å². The van der Waals surface area contributed by atoms with E-state index in [2.05, 4.69) is 25.6 Å². The van der Waals surface area contributed by atoms with E-state index in [-0.39, 0.29) is 5.91 Å². The lowest BCUT2D eigenvalue weighted by Crippen LogP contribution is -2.13. The predicted octanol–water partition coefficient (Wildman–Crippen LogP) is 3.04. The van der Waals surface area contributed by atoms with Crippen molar-refractivity contribution in [3.8, 4) is 0 Å². The van der Waals surface area contributed by atoms with Crippen LogP contribution in [0.15, 0.2) is 61.1 Å². The number of aromatic nitrogens is 3. The molecule has 6 nitrogen and oxygen atoms in total. The van der Waals surface area contributed by atoms with Crippen LogP contribution in [0.3, 0.4) is 0 Å². The number of benzene rings is 1. The molecule has 0 radical (unpaired) electrons. The highest BCUT2D eigenvalue weighted by Gasteiger charge is 2.08. The summed E-state index contributed by atoms with van der Waals surface area (Å²) in [4.78, 5) is 24.7. The SMILES string of the molecule is Cc1cccc(NC(=O)c2cnc(NCc3ccccn3)nc2)c1. The van der Waals surface area contributed by atoms with Gasteiger partial charge in [0.05, 0.1) is 17.8 Å². The Balaban J connectivity index is 1.60. The van der Waals surface area contributed by atoms with Gasteiger partial charge in [-0.3, -0.25) is 9.78 Å². The molecule has 0 spiro atoms. The van der Waals surface area contributed by atoms with Crippen LogP contribution in [0.4, 0.5) is 11.6 Å². The Morgan fingerprint density at radius 1 is 1.04 bits per heavy atom. The van der Waals surface area contributed by atoms with Crippen molar-refractivity contribution in [2.75, 3.05) is 10.6 Å². The molecule has 0 saturated carbocycles. The lowest BCUT2D eigenvalue weighted by Gasteiger charge is -2.07. The number of carbonyl (C=O) groups is 1. The molecule has 0 aliphatic rings. The van der Waals surface area contributed by atoms with Gasteiger partial charge in [-0.2, -0.15) is 0 Å². The third-order valence-electron chi connectivity index (χ3n) is 3.34. The minimum Gasteiger partial charge on any atom is -0.349 e. The van der Waals surface area contributed by atoms with Crippen LogP contribution in [-0.4, -0.2) is 20.9 Å². The van der Waals surface area contributed by atoms with Crippen molar-refractivity contribution < 1.29 is 4.79 Å². The van der Waals surface area contributed by atoms with E-state index in [1.165, 1.54) is 12.4 Å². The molecule has 2 aromatic heterocycles. The first kappa shape index (κ1) is 15.6. The van der Waals surface area contributed by atoms with Crippen LogP contribution in [0.2, 0.25) is 0 Å². The molecule has 0 unspecified atom stereocenters. The highest BCUT2D eigenvalue weighted by Crippen LogP contribution is 2.11. The summed E-state index contributed by atoms with van der Waals surface area (Å²) in [6.07, 6.45) is 4.73. The third kappa shape index (κ3) is 4.13. The standard InChI is InChI=1S/C18H17N5O/c1-13-5-4-7-15(9-13)23-17(24)14-10-20-18(21-11-14)22-12-16-6-2-3-8-19-16/h2-11H,12H2,1H3,(H,23,24)(H,20,21,22). The number of hydrogen-bond acceptors (Lipinski definition) is 5. The molecule has 1 amide bonds. The van der Waals surface area contributed by atoms with Crippen molar-refractivity contribution >= 4 is 17.5 Å². The number of nitrogens with one attached hydrogen (secondary N) is 2. The van der Waals surface area contributed by atoms with Crippen molar-refractivity contribution in [1.29, 1.82) is 0 Å². The van der Waals surface area contributed by atoms with Gasteiger partial charge in [0.25, 0.3) is 5.91 Å². The van der Waals surface area contributed by atoms with Gasteiger partial charge >= 0.3 is 0 Å². The Morgan fingerprint density at radius 2 is 1.88 bits per heavy atom. The second kappa shape index (κ2) is 7.32. The molecule has 1 aromatic carbocycles. The maximum absolute atomic E-state index is 12.2. The molecular formula is C18H17N5O. The highest BCUT2D eigenvalue weighted by molar-refractivity contribution is 6.03. The first-order valence-electron chi connectivity index (χ1n) is 7.54. The zero-order valence-electron chi connectivity index (χ0n) is 13.2. The molecule has 0 bridgehead atoms. The van der Waals surface area contributed by atoms with Crippen LogP contribution < -0.4 is 10.6 Å². The summed E-state index contributed by atoms with van der Waals surface area (Å²) in [5.41, 5.74) is 3.12. The van der Waals surface area contributed by atoms with Gasteiger partial charge in [0.2, 0.25) is 5.95 Å². The zero-order valence-corrected chi connectivity index (χ0v) is 13.2. The van der Waals surface area contributed by atoms with Crippen molar-refractivity contribution in [1.82, 2.24) is 15.0 Å². The highest BCUT2D eigenvalue weighted by atomic mass is 16.1.